The number of carbonyl (C=O) groups is 1. The third kappa shape index (κ3) is 4.90. The van der Waals surface area contributed by atoms with E-state index in [1.807, 2.05) is 19.1 Å². The summed E-state index contributed by atoms with van der Waals surface area (Å²) >= 11 is 7.36. The fourth-order valence-corrected chi connectivity index (χ4v) is 3.77. The summed E-state index contributed by atoms with van der Waals surface area (Å²) in [5, 5.41) is 16.8. The molecule has 3 rings (SSSR count). The molecule has 0 fully saturated rings. The van der Waals surface area contributed by atoms with Crippen molar-refractivity contribution in [3.63, 3.8) is 0 Å². The number of aromatic nitrogens is 3. The Morgan fingerprint density at radius 1 is 1.29 bits per heavy atom. The number of carbonyl (C=O) groups excluding carboxylic acids is 1. The van der Waals surface area contributed by atoms with Crippen LogP contribution < -0.4 is 10.5 Å². The first-order valence-electron chi connectivity index (χ1n) is 7.96. The molecule has 0 aliphatic carbocycles. The lowest BCUT2D eigenvalue weighted by Gasteiger charge is -2.09. The van der Waals surface area contributed by atoms with E-state index in [0.29, 0.717) is 15.9 Å². The predicted octanol–water partition coefficient (Wildman–Crippen LogP) is 2.61. The van der Waals surface area contributed by atoms with Crippen molar-refractivity contribution < 1.29 is 13.2 Å². The summed E-state index contributed by atoms with van der Waals surface area (Å²) in [4.78, 5) is 12.1. The van der Waals surface area contributed by atoms with Gasteiger partial charge >= 0.3 is 0 Å². The van der Waals surface area contributed by atoms with E-state index in [4.69, 9.17) is 16.7 Å². The molecular formula is C17H16ClN5O3S2. The van der Waals surface area contributed by atoms with Crippen LogP contribution in [-0.4, -0.2) is 34.8 Å². The van der Waals surface area contributed by atoms with Crippen molar-refractivity contribution in [2.45, 2.75) is 17.0 Å². The van der Waals surface area contributed by atoms with Crippen LogP contribution in [0.2, 0.25) is 5.02 Å². The van der Waals surface area contributed by atoms with Crippen LogP contribution in [0.15, 0.2) is 58.8 Å². The molecule has 3 N–H and O–H groups in total. The molecule has 3 aromatic rings. The zero-order valence-corrected chi connectivity index (χ0v) is 17.1. The summed E-state index contributed by atoms with van der Waals surface area (Å²) in [5.41, 5.74) is 2.07. The topological polar surface area (TPSA) is 120 Å². The highest BCUT2D eigenvalue weighted by atomic mass is 35.5. The number of anilines is 1. The van der Waals surface area contributed by atoms with Crippen molar-refractivity contribution >= 4 is 45.0 Å². The van der Waals surface area contributed by atoms with Gasteiger partial charge in [-0.05, 0) is 42.8 Å². The molecule has 0 unspecified atom stereocenters. The highest BCUT2D eigenvalue weighted by Gasteiger charge is 2.13. The Balaban J connectivity index is 1.68. The highest BCUT2D eigenvalue weighted by Crippen LogP contribution is 2.24. The van der Waals surface area contributed by atoms with Gasteiger partial charge in [-0.3, -0.25) is 9.36 Å². The monoisotopic (exact) mass is 437 g/mol. The Hall–Kier alpha value is -2.40. The molecule has 0 saturated heterocycles. The molecule has 1 heterocycles. The Morgan fingerprint density at radius 2 is 2.07 bits per heavy atom. The molecule has 0 saturated carbocycles. The largest absolute Gasteiger partial charge is 0.325 e. The first kappa shape index (κ1) is 20.3. The number of hydrogen-bond donors (Lipinski definition) is 2. The van der Waals surface area contributed by atoms with Gasteiger partial charge in [-0.1, -0.05) is 35.5 Å². The van der Waals surface area contributed by atoms with Crippen molar-refractivity contribution in [1.29, 1.82) is 0 Å². The molecule has 146 valence electrons. The van der Waals surface area contributed by atoms with Gasteiger partial charge in [-0.2, -0.15) is 0 Å². The fourth-order valence-electron chi connectivity index (χ4n) is 2.31. The number of thioether (sulfide) groups is 1. The summed E-state index contributed by atoms with van der Waals surface area (Å²) in [7, 11) is -3.84. The highest BCUT2D eigenvalue weighted by molar-refractivity contribution is 7.99. The quantitative estimate of drug-likeness (QED) is 0.572. The zero-order valence-electron chi connectivity index (χ0n) is 14.7. The normalized spacial score (nSPS) is 11.4. The number of rotatable bonds is 6. The minimum Gasteiger partial charge on any atom is -0.325 e. The summed E-state index contributed by atoms with van der Waals surface area (Å²) in [6.45, 7) is 1.91. The lowest BCUT2D eigenvalue weighted by molar-refractivity contribution is -0.113. The number of amides is 1. The Morgan fingerprint density at radius 3 is 2.79 bits per heavy atom. The molecule has 0 aliphatic heterocycles. The summed E-state index contributed by atoms with van der Waals surface area (Å²) < 4.78 is 24.5. The second-order valence-electron chi connectivity index (χ2n) is 5.83. The summed E-state index contributed by atoms with van der Waals surface area (Å²) in [6.07, 6.45) is 1.54. The number of primary sulfonamides is 1. The molecule has 0 atom stereocenters. The zero-order chi connectivity index (χ0) is 20.3. The minimum atomic E-state index is -3.84. The van der Waals surface area contributed by atoms with Crippen molar-refractivity contribution in [1.82, 2.24) is 14.8 Å². The molecule has 0 aliphatic rings. The van der Waals surface area contributed by atoms with Crippen LogP contribution >= 0.6 is 23.4 Å². The van der Waals surface area contributed by atoms with Gasteiger partial charge in [0.1, 0.15) is 6.33 Å². The molecule has 11 heteroatoms. The average molecular weight is 438 g/mol. The van der Waals surface area contributed by atoms with E-state index in [-0.39, 0.29) is 16.6 Å². The van der Waals surface area contributed by atoms with Crippen LogP contribution in [0, 0.1) is 6.92 Å². The molecule has 0 spiro atoms. The van der Waals surface area contributed by atoms with Crippen LogP contribution in [0.25, 0.3) is 5.69 Å². The number of sulfonamides is 1. The van der Waals surface area contributed by atoms with Crippen LogP contribution in [0.4, 0.5) is 5.69 Å². The van der Waals surface area contributed by atoms with E-state index in [0.717, 1.165) is 11.3 Å². The van der Waals surface area contributed by atoms with Gasteiger partial charge in [0.2, 0.25) is 15.9 Å². The van der Waals surface area contributed by atoms with Gasteiger partial charge in [0.15, 0.2) is 5.16 Å². The Bertz CT molecular complexity index is 1130. The van der Waals surface area contributed by atoms with Crippen molar-refractivity contribution in [3.05, 3.63) is 59.4 Å². The summed E-state index contributed by atoms with van der Waals surface area (Å²) in [5.74, 6) is -0.272. The maximum Gasteiger partial charge on any atom is 0.238 e. The van der Waals surface area contributed by atoms with Crippen LogP contribution in [0.3, 0.4) is 0 Å². The third-order valence-corrected chi connectivity index (χ3v) is 5.99. The second kappa shape index (κ2) is 8.31. The molecule has 1 amide bonds. The maximum absolute atomic E-state index is 12.2. The summed E-state index contributed by atoms with van der Waals surface area (Å²) in [6, 6.07) is 11.3. The number of benzene rings is 2. The first-order valence-corrected chi connectivity index (χ1v) is 10.9. The van der Waals surface area contributed by atoms with E-state index in [9.17, 15) is 13.2 Å². The first-order chi connectivity index (χ1) is 13.2. The molecule has 2 aromatic carbocycles. The van der Waals surface area contributed by atoms with Gasteiger partial charge in [-0.15, -0.1) is 10.2 Å². The van der Waals surface area contributed by atoms with Crippen molar-refractivity contribution in [2.24, 2.45) is 5.14 Å². The fraction of sp³-hybridized carbons (Fsp3) is 0.118. The molecule has 1 aromatic heterocycles. The third-order valence-electron chi connectivity index (χ3n) is 3.73. The van der Waals surface area contributed by atoms with Crippen molar-refractivity contribution in [2.75, 3.05) is 11.1 Å². The number of nitrogens with zero attached hydrogens (tertiary/aromatic N) is 3. The number of halogens is 1. The molecule has 28 heavy (non-hydrogen) atoms. The standard InChI is InChI=1S/C17H16ClN5O3S2/c1-11-5-6-13(8-15(11)18)23-10-20-22-17(23)27-9-16(24)21-12-3-2-4-14(7-12)28(19,25)26/h2-8,10H,9H2,1H3,(H,21,24)(H2,19,25,26). The number of hydrogen-bond acceptors (Lipinski definition) is 6. The number of nitrogens with one attached hydrogen (secondary N) is 1. The van der Waals surface area contributed by atoms with Gasteiger partial charge in [0, 0.05) is 10.7 Å². The smallest absolute Gasteiger partial charge is 0.238 e. The predicted molar refractivity (Wildman–Crippen MR) is 108 cm³/mol. The number of aryl methyl sites for hydroxylation is 1. The average Bonchev–Trinajstić information content (AvgIpc) is 3.10. The van der Waals surface area contributed by atoms with Crippen LogP contribution in [0.5, 0.6) is 0 Å². The minimum absolute atomic E-state index is 0.0535. The van der Waals surface area contributed by atoms with E-state index >= 15 is 0 Å². The van der Waals surface area contributed by atoms with E-state index < -0.39 is 10.0 Å². The van der Waals surface area contributed by atoms with Gasteiger partial charge in [0.05, 0.1) is 16.3 Å². The van der Waals surface area contributed by atoms with Gasteiger partial charge < -0.3 is 5.32 Å². The van der Waals surface area contributed by atoms with E-state index in [1.54, 1.807) is 16.7 Å². The maximum atomic E-state index is 12.2. The van der Waals surface area contributed by atoms with Gasteiger partial charge in [-0.25, -0.2) is 13.6 Å². The Labute approximate surface area is 171 Å². The van der Waals surface area contributed by atoms with E-state index in [1.165, 1.54) is 36.3 Å². The molecule has 8 nitrogen and oxygen atoms in total. The second-order valence-corrected chi connectivity index (χ2v) is 8.74. The van der Waals surface area contributed by atoms with Gasteiger partial charge in [0.25, 0.3) is 0 Å². The lowest BCUT2D eigenvalue weighted by Crippen LogP contribution is -2.16. The SMILES string of the molecule is Cc1ccc(-n2cnnc2SCC(=O)Nc2cccc(S(N)(=O)=O)c2)cc1Cl. The lowest BCUT2D eigenvalue weighted by atomic mass is 10.2. The van der Waals surface area contributed by atoms with E-state index in [2.05, 4.69) is 15.5 Å². The van der Waals surface area contributed by atoms with Crippen LogP contribution in [-0.2, 0) is 14.8 Å². The number of nitrogens with two attached hydrogens (primary N) is 1. The molecule has 0 radical (unpaired) electrons. The molecule has 0 bridgehead atoms. The Kier molecular flexibility index (Phi) is 6.04. The van der Waals surface area contributed by atoms with Crippen molar-refractivity contribution in [3.8, 4) is 5.69 Å². The van der Waals surface area contributed by atoms with Crippen LogP contribution in [0.1, 0.15) is 5.56 Å². The molecular weight excluding hydrogens is 422 g/mol.